The molecule has 2 amide bonds. The summed E-state index contributed by atoms with van der Waals surface area (Å²) >= 11 is 0. The van der Waals surface area contributed by atoms with Gasteiger partial charge in [0.15, 0.2) is 0 Å². The molecule has 0 heterocycles. The molecule has 0 saturated carbocycles. The summed E-state index contributed by atoms with van der Waals surface area (Å²) in [5.74, 6) is 0. The van der Waals surface area contributed by atoms with Gasteiger partial charge in [-0.05, 0) is 25.5 Å². The second kappa shape index (κ2) is 6.13. The molecular weight excluding hydrogens is 214 g/mol. The van der Waals surface area contributed by atoms with Gasteiger partial charge in [0.25, 0.3) is 0 Å². The predicted molar refractivity (Wildman–Crippen MR) is 72.7 cm³/mol. The Morgan fingerprint density at radius 1 is 1.35 bits per heavy atom. The van der Waals surface area contributed by atoms with Gasteiger partial charge in [-0.15, -0.1) is 0 Å². The third-order valence-corrected chi connectivity index (χ3v) is 2.62. The van der Waals surface area contributed by atoms with Crippen LogP contribution in [0.1, 0.15) is 20.3 Å². The lowest BCUT2D eigenvalue weighted by Crippen LogP contribution is -2.35. The summed E-state index contributed by atoms with van der Waals surface area (Å²) in [4.78, 5) is 13.7. The Balaban J connectivity index is 2.71. The van der Waals surface area contributed by atoms with Gasteiger partial charge in [-0.1, -0.05) is 19.1 Å². The molecule has 94 valence electrons. The van der Waals surface area contributed by atoms with Gasteiger partial charge in [0, 0.05) is 20.1 Å². The Morgan fingerprint density at radius 3 is 2.59 bits per heavy atom. The van der Waals surface area contributed by atoms with Gasteiger partial charge in [0.1, 0.15) is 0 Å². The zero-order valence-electron chi connectivity index (χ0n) is 10.9. The minimum atomic E-state index is -0.159. The van der Waals surface area contributed by atoms with E-state index >= 15 is 0 Å². The average Bonchev–Trinajstić information content (AvgIpc) is 2.29. The lowest BCUT2D eigenvalue weighted by Gasteiger charge is -2.19. The van der Waals surface area contributed by atoms with Crippen LogP contribution < -0.4 is 15.5 Å². The Kier molecular flexibility index (Phi) is 4.82. The summed E-state index contributed by atoms with van der Waals surface area (Å²) in [6.07, 6.45) is 0.919. The molecule has 0 spiro atoms. The van der Waals surface area contributed by atoms with Crippen LogP contribution in [0, 0.1) is 0 Å². The van der Waals surface area contributed by atoms with E-state index in [0.29, 0.717) is 0 Å². The van der Waals surface area contributed by atoms with E-state index in [2.05, 4.69) is 10.6 Å². The maximum absolute atomic E-state index is 11.7. The highest BCUT2D eigenvalue weighted by molar-refractivity contribution is 5.93. The van der Waals surface area contributed by atoms with E-state index in [1.807, 2.05) is 57.1 Å². The SMILES string of the molecule is CC[C@H](C)NC(=O)Nc1ccccc1N(C)C. The van der Waals surface area contributed by atoms with Crippen molar-refractivity contribution in [2.24, 2.45) is 0 Å². The number of nitrogens with one attached hydrogen (secondary N) is 2. The molecule has 1 aromatic rings. The molecule has 1 aromatic carbocycles. The van der Waals surface area contributed by atoms with E-state index in [4.69, 9.17) is 0 Å². The Labute approximate surface area is 103 Å². The molecule has 0 aromatic heterocycles. The molecule has 4 heteroatoms. The van der Waals surface area contributed by atoms with Crippen LogP contribution in [0.4, 0.5) is 16.2 Å². The molecule has 0 saturated heterocycles. The van der Waals surface area contributed by atoms with Crippen LogP contribution in [0.5, 0.6) is 0 Å². The van der Waals surface area contributed by atoms with Crippen molar-refractivity contribution in [3.63, 3.8) is 0 Å². The maximum Gasteiger partial charge on any atom is 0.319 e. The monoisotopic (exact) mass is 235 g/mol. The molecule has 0 aliphatic carbocycles. The van der Waals surface area contributed by atoms with Crippen LogP contribution >= 0.6 is 0 Å². The quantitative estimate of drug-likeness (QED) is 0.842. The topological polar surface area (TPSA) is 44.4 Å². The fourth-order valence-electron chi connectivity index (χ4n) is 1.45. The summed E-state index contributed by atoms with van der Waals surface area (Å²) < 4.78 is 0. The molecule has 0 aliphatic heterocycles. The summed E-state index contributed by atoms with van der Waals surface area (Å²) in [5.41, 5.74) is 1.81. The fourth-order valence-corrected chi connectivity index (χ4v) is 1.45. The van der Waals surface area contributed by atoms with E-state index in [1.165, 1.54) is 0 Å². The standard InChI is InChI=1S/C13H21N3O/c1-5-10(2)14-13(17)15-11-8-6-7-9-12(11)16(3)4/h6-10H,5H2,1-4H3,(H2,14,15,17)/t10-/m0/s1. The van der Waals surface area contributed by atoms with Crippen LogP contribution in [0.3, 0.4) is 0 Å². The number of amides is 2. The lowest BCUT2D eigenvalue weighted by molar-refractivity contribution is 0.249. The number of rotatable bonds is 4. The third kappa shape index (κ3) is 3.98. The molecule has 0 radical (unpaired) electrons. The molecule has 1 rings (SSSR count). The van der Waals surface area contributed by atoms with Crippen LogP contribution in [-0.2, 0) is 0 Å². The van der Waals surface area contributed by atoms with Crippen molar-refractivity contribution < 1.29 is 4.79 Å². The number of anilines is 2. The Hall–Kier alpha value is -1.71. The highest BCUT2D eigenvalue weighted by Crippen LogP contribution is 2.23. The molecule has 2 N–H and O–H groups in total. The smallest absolute Gasteiger partial charge is 0.319 e. The van der Waals surface area contributed by atoms with E-state index in [9.17, 15) is 4.79 Å². The number of hydrogen-bond acceptors (Lipinski definition) is 2. The summed E-state index contributed by atoms with van der Waals surface area (Å²) in [6, 6.07) is 7.75. The Morgan fingerprint density at radius 2 is 2.00 bits per heavy atom. The summed E-state index contributed by atoms with van der Waals surface area (Å²) in [5, 5.41) is 5.74. The molecule has 4 nitrogen and oxygen atoms in total. The van der Waals surface area contributed by atoms with Crippen LogP contribution in [0.2, 0.25) is 0 Å². The number of nitrogens with zero attached hydrogens (tertiary/aromatic N) is 1. The molecular formula is C13H21N3O. The van der Waals surface area contributed by atoms with Gasteiger partial charge in [0.05, 0.1) is 11.4 Å². The number of benzene rings is 1. The second-order valence-electron chi connectivity index (χ2n) is 4.32. The predicted octanol–water partition coefficient (Wildman–Crippen LogP) is 2.67. The zero-order valence-corrected chi connectivity index (χ0v) is 10.9. The number of carbonyl (C=O) groups is 1. The van der Waals surface area contributed by atoms with Crippen molar-refractivity contribution in [1.29, 1.82) is 0 Å². The minimum Gasteiger partial charge on any atom is -0.376 e. The molecule has 0 bridgehead atoms. The fraction of sp³-hybridized carbons (Fsp3) is 0.462. The van der Waals surface area contributed by atoms with Crippen molar-refractivity contribution in [2.75, 3.05) is 24.3 Å². The molecule has 0 aliphatic rings. The lowest BCUT2D eigenvalue weighted by atomic mass is 10.2. The second-order valence-corrected chi connectivity index (χ2v) is 4.32. The first-order chi connectivity index (χ1) is 8.04. The van der Waals surface area contributed by atoms with Gasteiger partial charge in [0.2, 0.25) is 0 Å². The molecule has 0 unspecified atom stereocenters. The number of hydrogen-bond donors (Lipinski definition) is 2. The number of urea groups is 1. The maximum atomic E-state index is 11.7. The van der Waals surface area contributed by atoms with Gasteiger partial charge in [-0.3, -0.25) is 0 Å². The zero-order chi connectivity index (χ0) is 12.8. The van der Waals surface area contributed by atoms with Crippen molar-refractivity contribution >= 4 is 17.4 Å². The molecule has 0 fully saturated rings. The average molecular weight is 235 g/mol. The van der Waals surface area contributed by atoms with Gasteiger partial charge >= 0.3 is 6.03 Å². The minimum absolute atomic E-state index is 0.159. The van der Waals surface area contributed by atoms with Crippen molar-refractivity contribution in [3.05, 3.63) is 24.3 Å². The normalized spacial score (nSPS) is 11.8. The van der Waals surface area contributed by atoms with E-state index < -0.39 is 0 Å². The van der Waals surface area contributed by atoms with Crippen molar-refractivity contribution in [1.82, 2.24) is 5.32 Å². The van der Waals surface area contributed by atoms with Gasteiger partial charge < -0.3 is 15.5 Å². The highest BCUT2D eigenvalue weighted by atomic mass is 16.2. The van der Waals surface area contributed by atoms with Crippen molar-refractivity contribution in [2.45, 2.75) is 26.3 Å². The Bertz CT molecular complexity index is 377. The van der Waals surface area contributed by atoms with E-state index in [0.717, 1.165) is 17.8 Å². The number of para-hydroxylation sites is 2. The van der Waals surface area contributed by atoms with Crippen LogP contribution in [0.25, 0.3) is 0 Å². The van der Waals surface area contributed by atoms with Crippen molar-refractivity contribution in [3.8, 4) is 0 Å². The highest BCUT2D eigenvalue weighted by Gasteiger charge is 2.08. The first kappa shape index (κ1) is 13.4. The summed E-state index contributed by atoms with van der Waals surface area (Å²) in [6.45, 7) is 4.02. The first-order valence-electron chi connectivity index (χ1n) is 5.88. The van der Waals surface area contributed by atoms with Gasteiger partial charge in [-0.25, -0.2) is 4.79 Å². The van der Waals surface area contributed by atoms with E-state index in [-0.39, 0.29) is 12.1 Å². The van der Waals surface area contributed by atoms with E-state index in [1.54, 1.807) is 0 Å². The summed E-state index contributed by atoms with van der Waals surface area (Å²) in [7, 11) is 3.90. The largest absolute Gasteiger partial charge is 0.376 e. The van der Waals surface area contributed by atoms with Crippen LogP contribution in [0.15, 0.2) is 24.3 Å². The van der Waals surface area contributed by atoms with Gasteiger partial charge in [-0.2, -0.15) is 0 Å². The first-order valence-corrected chi connectivity index (χ1v) is 5.88. The molecule has 1 atom stereocenters. The van der Waals surface area contributed by atoms with Crippen LogP contribution in [-0.4, -0.2) is 26.2 Å². The molecule has 17 heavy (non-hydrogen) atoms. The number of carbonyl (C=O) groups excluding carboxylic acids is 1. The third-order valence-electron chi connectivity index (χ3n) is 2.62.